The number of benzene rings is 4. The minimum atomic E-state index is 0.293. The lowest BCUT2D eigenvalue weighted by atomic mass is 9.88. The number of hydrogen-bond donors (Lipinski definition) is 4. The molecule has 0 aliphatic heterocycles. The summed E-state index contributed by atoms with van der Waals surface area (Å²) in [6.45, 7) is 23.8. The molecule has 5 rings (SSSR count). The number of rotatable bonds is 36. The Balaban J connectivity index is 2.04. The molecule has 80 heavy (non-hydrogen) atoms. The number of hydrogen-bond acceptors (Lipinski definition) is 12. The number of fused-ring (bicyclic) bond motifs is 8. The maximum absolute atomic E-state index is 7.04. The van der Waals surface area contributed by atoms with Gasteiger partial charge in [0.25, 0.3) is 0 Å². The molecular formula is C64H96N8O8. The highest BCUT2D eigenvalue weighted by molar-refractivity contribution is 6.00. The Morgan fingerprint density at radius 1 is 0.312 bits per heavy atom. The van der Waals surface area contributed by atoms with E-state index in [1.165, 1.54) is 0 Å². The van der Waals surface area contributed by atoms with Gasteiger partial charge in [0.15, 0.2) is 0 Å². The fraction of sp³-hybridized carbons (Fsp3) is 0.562. The fourth-order valence-corrected chi connectivity index (χ4v) is 9.41. The third-order valence-electron chi connectivity index (χ3n) is 13.6. The van der Waals surface area contributed by atoms with Gasteiger partial charge in [-0.2, -0.15) is 0 Å². The standard InChI is InChI=1S/C64H96N8O8/c1-9-17-21-69-61(65)53-37-45-33-47-39-54(62(66)70-22-18-10-2)41-49(58(47)78-30-26-74-14-6)35-51-43-56(64(68)72-24-20-12-4)44-52(60(51)80-32-28-76-16-8)36-50-42-55(63(67)71-23-19-11-3)40-48(59(50)79-31-27-75-15-7)34-46(38-53)57(45)77-29-25-73-13-5/h37-44H,9-36H2,1-8H3,(H2,65,69)(H2,66,70)(H2,67,71)(H2,68,72). The molecule has 0 saturated heterocycles. The van der Waals surface area contributed by atoms with E-state index in [0.717, 1.165) is 118 Å². The molecule has 0 heterocycles. The molecule has 16 nitrogen and oxygen atoms in total. The van der Waals surface area contributed by atoms with Crippen molar-refractivity contribution in [1.82, 2.24) is 0 Å². The number of ether oxygens (including phenoxy) is 8. The lowest BCUT2D eigenvalue weighted by Crippen LogP contribution is -2.20. The van der Waals surface area contributed by atoms with Gasteiger partial charge in [-0.15, -0.1) is 0 Å². The zero-order valence-electron chi connectivity index (χ0n) is 49.8. The molecular weight excluding hydrogens is 1010 g/mol. The maximum Gasteiger partial charge on any atom is 0.126 e. The number of amidine groups is 4. The van der Waals surface area contributed by atoms with Crippen LogP contribution < -0.4 is 41.9 Å². The van der Waals surface area contributed by atoms with Crippen LogP contribution >= 0.6 is 0 Å². The number of unbranched alkanes of at least 4 members (excludes halogenated alkanes) is 4. The molecule has 0 saturated carbocycles. The van der Waals surface area contributed by atoms with Crippen molar-refractivity contribution in [1.29, 1.82) is 0 Å². The predicted molar refractivity (Wildman–Crippen MR) is 327 cm³/mol. The molecule has 440 valence electrons. The van der Waals surface area contributed by atoms with Gasteiger partial charge in [0.05, 0.1) is 26.4 Å². The second-order valence-electron chi connectivity index (χ2n) is 19.9. The van der Waals surface area contributed by atoms with Crippen molar-refractivity contribution in [2.75, 3.05) is 105 Å². The molecule has 0 aromatic heterocycles. The summed E-state index contributed by atoms with van der Waals surface area (Å²) in [5, 5.41) is 0. The molecule has 0 atom stereocenters. The second kappa shape index (κ2) is 36.2. The minimum Gasteiger partial charge on any atom is -0.491 e. The molecule has 0 spiro atoms. The van der Waals surface area contributed by atoms with E-state index >= 15 is 0 Å². The summed E-state index contributed by atoms with van der Waals surface area (Å²) in [5.41, 5.74) is 38.1. The van der Waals surface area contributed by atoms with Crippen LogP contribution in [-0.4, -0.2) is 129 Å². The van der Waals surface area contributed by atoms with Crippen molar-refractivity contribution in [3.63, 3.8) is 0 Å². The minimum absolute atomic E-state index is 0.293. The maximum atomic E-state index is 7.04. The van der Waals surface area contributed by atoms with E-state index in [-0.39, 0.29) is 0 Å². The summed E-state index contributed by atoms with van der Waals surface area (Å²) >= 11 is 0. The Bertz CT molecular complexity index is 2200. The van der Waals surface area contributed by atoms with Gasteiger partial charge >= 0.3 is 0 Å². The van der Waals surface area contributed by atoms with Crippen LogP contribution in [0.25, 0.3) is 0 Å². The van der Waals surface area contributed by atoms with E-state index in [2.05, 4.69) is 76.2 Å². The normalized spacial score (nSPS) is 13.2. The molecule has 0 radical (unpaired) electrons. The van der Waals surface area contributed by atoms with E-state index < -0.39 is 0 Å². The molecule has 8 bridgehead atoms. The van der Waals surface area contributed by atoms with Crippen LogP contribution in [0.4, 0.5) is 0 Å². The molecule has 4 aromatic rings. The summed E-state index contributed by atoms with van der Waals surface area (Å²) in [6.07, 6.45) is 8.93. The lowest BCUT2D eigenvalue weighted by Gasteiger charge is -2.25. The van der Waals surface area contributed by atoms with E-state index in [9.17, 15) is 0 Å². The summed E-state index contributed by atoms with van der Waals surface area (Å²) in [6, 6.07) is 16.8. The van der Waals surface area contributed by atoms with Gasteiger partial charge in [-0.3, -0.25) is 20.0 Å². The summed E-state index contributed by atoms with van der Waals surface area (Å²) in [5.74, 6) is 4.49. The topological polar surface area (TPSA) is 227 Å². The van der Waals surface area contributed by atoms with Crippen molar-refractivity contribution >= 4 is 23.3 Å². The van der Waals surface area contributed by atoms with E-state index in [4.69, 9.17) is 80.8 Å². The lowest BCUT2D eigenvalue weighted by molar-refractivity contribution is 0.108. The Morgan fingerprint density at radius 3 is 0.662 bits per heavy atom. The van der Waals surface area contributed by atoms with Crippen molar-refractivity contribution in [2.24, 2.45) is 42.9 Å². The number of nitrogens with two attached hydrogens (primary N) is 4. The van der Waals surface area contributed by atoms with Crippen LogP contribution in [0, 0.1) is 0 Å². The van der Waals surface area contributed by atoms with Crippen LogP contribution in [0.2, 0.25) is 0 Å². The first-order valence-electron chi connectivity index (χ1n) is 29.7. The largest absolute Gasteiger partial charge is 0.491 e. The van der Waals surface area contributed by atoms with E-state index in [1.807, 2.05) is 27.7 Å². The molecule has 0 amide bonds. The second-order valence-corrected chi connectivity index (χ2v) is 19.9. The van der Waals surface area contributed by atoms with Crippen molar-refractivity contribution < 1.29 is 37.9 Å². The number of aliphatic imine (C=N–C) groups is 4. The van der Waals surface area contributed by atoms with Gasteiger partial charge in [0.2, 0.25) is 0 Å². The monoisotopic (exact) mass is 1100 g/mol. The Kier molecular flexibility index (Phi) is 29.3. The SMILES string of the molecule is CCCCN=C(N)c1cc2c(OCCOCC)c(c1)Cc1cc(C(N)=NCCCC)cc(c1OCCOCC)Cc1cc(C(N)=NCCCC)cc(c1OCCOCC)Cc1cc(C(N)=NCCCC)cc(c1OCCOCC)C2. The summed E-state index contributed by atoms with van der Waals surface area (Å²) in [4.78, 5) is 19.7. The Morgan fingerprint density at radius 2 is 0.500 bits per heavy atom. The van der Waals surface area contributed by atoms with Crippen LogP contribution in [0.1, 0.15) is 174 Å². The van der Waals surface area contributed by atoms with Crippen molar-refractivity contribution in [3.05, 3.63) is 115 Å². The van der Waals surface area contributed by atoms with Gasteiger partial charge in [-0.1, -0.05) is 53.4 Å². The van der Waals surface area contributed by atoms with Gasteiger partial charge in [0.1, 0.15) is 72.8 Å². The van der Waals surface area contributed by atoms with E-state index in [0.29, 0.717) is 177 Å². The average Bonchev–Trinajstić information content (AvgIpc) is 3.46. The molecule has 0 unspecified atom stereocenters. The molecule has 8 N–H and O–H groups in total. The van der Waals surface area contributed by atoms with Crippen molar-refractivity contribution in [2.45, 2.75) is 132 Å². The molecule has 1 aliphatic rings. The highest BCUT2D eigenvalue weighted by Gasteiger charge is 2.26. The molecule has 0 fully saturated rings. The number of nitrogens with zero attached hydrogens (tertiary/aromatic N) is 4. The first-order valence-corrected chi connectivity index (χ1v) is 29.7. The van der Waals surface area contributed by atoms with Crippen molar-refractivity contribution in [3.8, 4) is 23.0 Å². The third kappa shape index (κ3) is 20.1. The van der Waals surface area contributed by atoms with Crippen LogP contribution in [-0.2, 0) is 44.6 Å². The van der Waals surface area contributed by atoms with Gasteiger partial charge < -0.3 is 60.8 Å². The van der Waals surface area contributed by atoms with Crippen LogP contribution in [0.5, 0.6) is 23.0 Å². The predicted octanol–water partition coefficient (Wildman–Crippen LogP) is 10.0. The van der Waals surface area contributed by atoms with Crippen LogP contribution in [0.3, 0.4) is 0 Å². The molecule has 16 heteroatoms. The first-order chi connectivity index (χ1) is 39.0. The molecule has 4 aromatic carbocycles. The summed E-state index contributed by atoms with van der Waals surface area (Å²) < 4.78 is 51.5. The Labute approximate surface area is 478 Å². The average molecular weight is 1110 g/mol. The van der Waals surface area contributed by atoms with Crippen LogP contribution in [0.15, 0.2) is 68.5 Å². The van der Waals surface area contributed by atoms with E-state index in [1.54, 1.807) is 0 Å². The van der Waals surface area contributed by atoms with Gasteiger partial charge in [-0.25, -0.2) is 0 Å². The highest BCUT2D eigenvalue weighted by atomic mass is 16.5. The molecule has 1 aliphatic carbocycles. The van der Waals surface area contributed by atoms with Gasteiger partial charge in [-0.05, 0) is 146 Å². The quantitative estimate of drug-likeness (QED) is 0.0167. The smallest absolute Gasteiger partial charge is 0.126 e. The zero-order chi connectivity index (χ0) is 57.5. The Hall–Kier alpha value is -6.20. The third-order valence-corrected chi connectivity index (χ3v) is 13.6. The highest BCUT2D eigenvalue weighted by Crippen LogP contribution is 2.41. The fourth-order valence-electron chi connectivity index (χ4n) is 9.41. The first kappa shape index (κ1) is 64.6. The summed E-state index contributed by atoms with van der Waals surface area (Å²) in [7, 11) is 0. The zero-order valence-corrected chi connectivity index (χ0v) is 49.8. The van der Waals surface area contributed by atoms with Gasteiger partial charge in [0, 0.05) is 101 Å².